The fourth-order valence-electron chi connectivity index (χ4n) is 1.62. The van der Waals surface area contributed by atoms with Crippen LogP contribution in [0.25, 0.3) is 0 Å². The maximum atomic E-state index is 9.06. The summed E-state index contributed by atoms with van der Waals surface area (Å²) < 4.78 is 0. The summed E-state index contributed by atoms with van der Waals surface area (Å²) in [6.07, 6.45) is 0. The highest BCUT2D eigenvalue weighted by molar-refractivity contribution is 7.09. The molecule has 0 fully saturated rings. The van der Waals surface area contributed by atoms with Crippen molar-refractivity contribution in [3.63, 3.8) is 0 Å². The Hall–Kier alpha value is -0.680. The molecule has 2 rings (SSSR count). The average molecular weight is 253 g/mol. The monoisotopic (exact) mass is 253 g/mol. The van der Waals surface area contributed by atoms with Crippen molar-refractivity contribution in [3.8, 4) is 0 Å². The topological polar surface area (TPSA) is 23.5 Å². The van der Waals surface area contributed by atoms with Gasteiger partial charge in [-0.25, -0.2) is 0 Å². The molecule has 0 saturated heterocycles. The highest BCUT2D eigenvalue weighted by atomic mass is 32.1. The Morgan fingerprint density at radius 3 is 2.75 bits per heavy atom. The second kappa shape index (κ2) is 6.15. The van der Waals surface area contributed by atoms with E-state index in [4.69, 9.17) is 5.11 Å². The predicted molar refractivity (Wildman–Crippen MR) is 69.8 cm³/mol. The molecule has 2 nitrogen and oxygen atoms in total. The van der Waals surface area contributed by atoms with Crippen molar-refractivity contribution in [2.24, 2.45) is 0 Å². The molecule has 86 valence electrons. The first-order valence-electron chi connectivity index (χ1n) is 5.25. The first-order chi connectivity index (χ1) is 7.88. The minimum Gasteiger partial charge on any atom is -0.395 e. The van der Waals surface area contributed by atoms with Crippen molar-refractivity contribution in [1.29, 1.82) is 0 Å². The summed E-state index contributed by atoms with van der Waals surface area (Å²) in [5.74, 6) is 0. The van der Waals surface area contributed by atoms with E-state index in [0.29, 0.717) is 0 Å². The van der Waals surface area contributed by atoms with Crippen molar-refractivity contribution < 1.29 is 5.11 Å². The van der Waals surface area contributed by atoms with Crippen molar-refractivity contribution in [2.75, 3.05) is 13.2 Å². The molecular weight excluding hydrogens is 238 g/mol. The molecule has 0 saturated carbocycles. The molecule has 0 aliphatic carbocycles. The molecule has 0 radical (unpaired) electrons. The van der Waals surface area contributed by atoms with Crippen molar-refractivity contribution in [1.82, 2.24) is 4.90 Å². The smallest absolute Gasteiger partial charge is 0.0558 e. The minimum absolute atomic E-state index is 0.218. The lowest BCUT2D eigenvalue weighted by molar-refractivity contribution is 0.185. The summed E-state index contributed by atoms with van der Waals surface area (Å²) in [6.45, 7) is 2.79. The van der Waals surface area contributed by atoms with Crippen LogP contribution in [0.15, 0.2) is 34.3 Å². The van der Waals surface area contributed by atoms with Crippen LogP contribution in [0.5, 0.6) is 0 Å². The number of hydrogen-bond donors (Lipinski definition) is 1. The van der Waals surface area contributed by atoms with Crippen LogP contribution in [0.4, 0.5) is 0 Å². The zero-order valence-electron chi connectivity index (χ0n) is 9.00. The van der Waals surface area contributed by atoms with Gasteiger partial charge in [0.15, 0.2) is 0 Å². The van der Waals surface area contributed by atoms with E-state index in [2.05, 4.69) is 39.2 Å². The van der Waals surface area contributed by atoms with Crippen molar-refractivity contribution >= 4 is 22.7 Å². The summed E-state index contributed by atoms with van der Waals surface area (Å²) in [7, 11) is 0. The summed E-state index contributed by atoms with van der Waals surface area (Å²) in [5.41, 5.74) is 1.33. The van der Waals surface area contributed by atoms with Crippen LogP contribution in [0, 0.1) is 0 Å². The van der Waals surface area contributed by atoms with Crippen LogP contribution in [0.1, 0.15) is 10.4 Å². The van der Waals surface area contributed by atoms with Gasteiger partial charge in [0, 0.05) is 24.5 Å². The van der Waals surface area contributed by atoms with E-state index < -0.39 is 0 Å². The molecule has 16 heavy (non-hydrogen) atoms. The minimum atomic E-state index is 0.218. The van der Waals surface area contributed by atoms with E-state index in [1.807, 2.05) is 0 Å². The summed E-state index contributed by atoms with van der Waals surface area (Å²) >= 11 is 3.49. The van der Waals surface area contributed by atoms with Crippen LogP contribution in [0.3, 0.4) is 0 Å². The van der Waals surface area contributed by atoms with Crippen LogP contribution in [-0.4, -0.2) is 23.2 Å². The lowest BCUT2D eigenvalue weighted by Crippen LogP contribution is -2.25. The molecule has 1 N–H and O–H groups in total. The Balaban J connectivity index is 1.94. The molecule has 2 aromatic heterocycles. The third-order valence-electron chi connectivity index (χ3n) is 2.36. The van der Waals surface area contributed by atoms with Gasteiger partial charge in [0.25, 0.3) is 0 Å². The predicted octanol–water partition coefficient (Wildman–Crippen LogP) is 2.80. The first kappa shape index (κ1) is 11.8. The van der Waals surface area contributed by atoms with Crippen molar-refractivity contribution in [2.45, 2.75) is 13.1 Å². The highest BCUT2D eigenvalue weighted by Gasteiger charge is 2.07. The van der Waals surface area contributed by atoms with Gasteiger partial charge < -0.3 is 5.11 Å². The zero-order chi connectivity index (χ0) is 11.2. The standard InChI is InChI=1S/C12H15NOS2/c14-5-4-13(8-11-3-7-15-10-11)9-12-2-1-6-16-12/h1-3,6-7,10,14H,4-5,8-9H2. The Labute approximate surface area is 104 Å². The molecule has 0 atom stereocenters. The normalized spacial score (nSPS) is 11.1. The molecular formula is C12H15NOS2. The number of aliphatic hydroxyl groups is 1. The second-order valence-electron chi connectivity index (χ2n) is 3.65. The number of nitrogens with zero attached hydrogens (tertiary/aromatic N) is 1. The zero-order valence-corrected chi connectivity index (χ0v) is 10.6. The average Bonchev–Trinajstić information content (AvgIpc) is 2.91. The third kappa shape index (κ3) is 3.42. The van der Waals surface area contributed by atoms with Crippen LogP contribution < -0.4 is 0 Å². The molecule has 0 aliphatic rings. The van der Waals surface area contributed by atoms with Gasteiger partial charge in [-0.05, 0) is 33.8 Å². The van der Waals surface area contributed by atoms with E-state index >= 15 is 0 Å². The maximum absolute atomic E-state index is 9.06. The summed E-state index contributed by atoms with van der Waals surface area (Å²) in [6, 6.07) is 6.35. The largest absolute Gasteiger partial charge is 0.395 e. The van der Waals surface area contributed by atoms with Gasteiger partial charge in [0.2, 0.25) is 0 Å². The quantitative estimate of drug-likeness (QED) is 0.855. The third-order valence-corrected chi connectivity index (χ3v) is 3.96. The fourth-order valence-corrected chi connectivity index (χ4v) is 3.03. The van der Waals surface area contributed by atoms with Crippen LogP contribution in [0.2, 0.25) is 0 Å². The van der Waals surface area contributed by atoms with Crippen molar-refractivity contribution in [3.05, 3.63) is 44.8 Å². The number of hydrogen-bond acceptors (Lipinski definition) is 4. The van der Waals surface area contributed by atoms with Crippen LogP contribution in [-0.2, 0) is 13.1 Å². The van der Waals surface area contributed by atoms with E-state index in [9.17, 15) is 0 Å². The Kier molecular flexibility index (Phi) is 4.54. The molecule has 0 spiro atoms. The fraction of sp³-hybridized carbons (Fsp3) is 0.333. The number of rotatable bonds is 6. The number of thiophene rings is 2. The van der Waals surface area contributed by atoms with Gasteiger partial charge in [-0.1, -0.05) is 6.07 Å². The van der Waals surface area contributed by atoms with Gasteiger partial charge in [0.1, 0.15) is 0 Å². The van der Waals surface area contributed by atoms with E-state index in [1.165, 1.54) is 10.4 Å². The Bertz CT molecular complexity index is 347. The van der Waals surface area contributed by atoms with Gasteiger partial charge in [0.05, 0.1) is 6.61 Å². The highest BCUT2D eigenvalue weighted by Crippen LogP contribution is 2.15. The number of aliphatic hydroxyl groups excluding tert-OH is 1. The molecule has 4 heteroatoms. The van der Waals surface area contributed by atoms with Crippen LogP contribution >= 0.6 is 22.7 Å². The van der Waals surface area contributed by atoms with E-state index in [0.717, 1.165) is 19.6 Å². The van der Waals surface area contributed by atoms with Gasteiger partial charge in [-0.3, -0.25) is 4.90 Å². The SMILES string of the molecule is OCCN(Cc1ccsc1)Cc1cccs1. The van der Waals surface area contributed by atoms with E-state index in [-0.39, 0.29) is 6.61 Å². The molecule has 2 aromatic rings. The van der Waals surface area contributed by atoms with E-state index in [1.54, 1.807) is 22.7 Å². The summed E-state index contributed by atoms with van der Waals surface area (Å²) in [4.78, 5) is 3.62. The molecule has 0 amide bonds. The van der Waals surface area contributed by atoms with Gasteiger partial charge >= 0.3 is 0 Å². The Morgan fingerprint density at radius 2 is 2.12 bits per heavy atom. The second-order valence-corrected chi connectivity index (χ2v) is 5.46. The van der Waals surface area contributed by atoms with Gasteiger partial charge in [-0.2, -0.15) is 11.3 Å². The Morgan fingerprint density at radius 1 is 1.19 bits per heavy atom. The lowest BCUT2D eigenvalue weighted by Gasteiger charge is -2.19. The lowest BCUT2D eigenvalue weighted by atomic mass is 10.3. The van der Waals surface area contributed by atoms with Gasteiger partial charge in [-0.15, -0.1) is 11.3 Å². The first-order valence-corrected chi connectivity index (χ1v) is 7.07. The summed E-state index contributed by atoms with van der Waals surface area (Å²) in [5, 5.41) is 15.4. The molecule has 0 aromatic carbocycles. The molecule has 0 unspecified atom stereocenters. The maximum Gasteiger partial charge on any atom is 0.0558 e. The molecule has 0 aliphatic heterocycles. The molecule has 0 bridgehead atoms. The molecule has 2 heterocycles.